The average Bonchev–Trinajstić information content (AvgIpc) is 2.38. The van der Waals surface area contributed by atoms with Crippen LogP contribution in [0.15, 0.2) is 12.1 Å². The van der Waals surface area contributed by atoms with E-state index in [4.69, 9.17) is 0 Å². The van der Waals surface area contributed by atoms with Gasteiger partial charge in [-0.2, -0.15) is 4.39 Å². The number of nitrogens with one attached hydrogen (secondary N) is 1. The Balaban J connectivity index is 2.06. The molecule has 1 aromatic carbocycles. The van der Waals surface area contributed by atoms with Crippen molar-refractivity contribution in [2.24, 2.45) is 0 Å². The minimum atomic E-state index is -1.01. The molecule has 1 heterocycles. The Morgan fingerprint density at radius 1 is 1.42 bits per heavy atom. The maximum atomic E-state index is 13.3. The Morgan fingerprint density at radius 2 is 2.11 bits per heavy atom. The van der Waals surface area contributed by atoms with Crippen molar-refractivity contribution in [3.05, 3.63) is 33.6 Å². The van der Waals surface area contributed by atoms with Gasteiger partial charge >= 0.3 is 5.69 Å². The topological polar surface area (TPSA) is 78.6 Å². The molecule has 19 heavy (non-hydrogen) atoms. The third-order valence-corrected chi connectivity index (χ3v) is 3.25. The lowest BCUT2D eigenvalue weighted by Gasteiger charge is -2.27. The highest BCUT2D eigenvalue weighted by molar-refractivity contribution is 5.44. The third-order valence-electron chi connectivity index (χ3n) is 3.25. The number of piperazine rings is 1. The number of phenolic OH excluding ortho intramolecular Hbond substituents is 1. The molecule has 0 radical (unpaired) electrons. The molecule has 2 rings (SSSR count). The number of hydrogen-bond acceptors (Lipinski definition) is 5. The van der Waals surface area contributed by atoms with E-state index in [9.17, 15) is 19.6 Å². The van der Waals surface area contributed by atoms with E-state index in [0.29, 0.717) is 18.5 Å². The molecule has 6 nitrogen and oxygen atoms in total. The number of aromatic hydroxyl groups is 1. The van der Waals surface area contributed by atoms with Gasteiger partial charge in [-0.05, 0) is 6.42 Å². The summed E-state index contributed by atoms with van der Waals surface area (Å²) in [6.45, 7) is 4.33. The summed E-state index contributed by atoms with van der Waals surface area (Å²) in [7, 11) is 0. The second kappa shape index (κ2) is 5.94. The van der Waals surface area contributed by atoms with Crippen LogP contribution in [0.1, 0.15) is 5.56 Å². The molecule has 1 aliphatic rings. The third kappa shape index (κ3) is 3.39. The Kier molecular flexibility index (Phi) is 4.28. The summed E-state index contributed by atoms with van der Waals surface area (Å²) in [5.41, 5.74) is -0.181. The van der Waals surface area contributed by atoms with E-state index < -0.39 is 16.4 Å². The second-order valence-electron chi connectivity index (χ2n) is 4.53. The van der Waals surface area contributed by atoms with Gasteiger partial charge in [0.2, 0.25) is 5.82 Å². The standard InChI is InChI=1S/C12H16FN3O3/c13-10-8-12(17)9(7-11(10)16(18)19)1-4-15-5-2-14-3-6-15/h7-8,14,17H,1-6H2. The second-order valence-corrected chi connectivity index (χ2v) is 4.53. The zero-order chi connectivity index (χ0) is 13.8. The number of rotatable bonds is 4. The molecule has 1 fully saturated rings. The maximum Gasteiger partial charge on any atom is 0.305 e. The van der Waals surface area contributed by atoms with Crippen molar-refractivity contribution in [3.8, 4) is 5.75 Å². The predicted molar refractivity (Wildman–Crippen MR) is 67.7 cm³/mol. The molecule has 0 aliphatic carbocycles. The zero-order valence-electron chi connectivity index (χ0n) is 10.4. The predicted octanol–water partition coefficient (Wildman–Crippen LogP) is 0.887. The molecule has 0 bridgehead atoms. The SMILES string of the molecule is O=[N+]([O-])c1cc(CCN2CCNCC2)c(O)cc1F. The first-order chi connectivity index (χ1) is 9.08. The molecule has 2 N–H and O–H groups in total. The van der Waals surface area contributed by atoms with Crippen molar-refractivity contribution in [3.63, 3.8) is 0 Å². The van der Waals surface area contributed by atoms with Gasteiger partial charge in [-0.25, -0.2) is 0 Å². The van der Waals surface area contributed by atoms with Gasteiger partial charge in [0.05, 0.1) is 4.92 Å². The van der Waals surface area contributed by atoms with Crippen molar-refractivity contribution >= 4 is 5.69 Å². The van der Waals surface area contributed by atoms with Crippen LogP contribution in [0, 0.1) is 15.9 Å². The number of phenols is 1. The van der Waals surface area contributed by atoms with Crippen LogP contribution < -0.4 is 5.32 Å². The van der Waals surface area contributed by atoms with Crippen LogP contribution >= 0.6 is 0 Å². The van der Waals surface area contributed by atoms with Crippen molar-refractivity contribution in [1.29, 1.82) is 0 Å². The van der Waals surface area contributed by atoms with Crippen LogP contribution in [0.25, 0.3) is 0 Å². The lowest BCUT2D eigenvalue weighted by atomic mass is 10.1. The van der Waals surface area contributed by atoms with E-state index >= 15 is 0 Å². The lowest BCUT2D eigenvalue weighted by molar-refractivity contribution is -0.387. The van der Waals surface area contributed by atoms with Crippen molar-refractivity contribution in [2.75, 3.05) is 32.7 Å². The highest BCUT2D eigenvalue weighted by Gasteiger charge is 2.18. The van der Waals surface area contributed by atoms with E-state index in [1.54, 1.807) is 0 Å². The Bertz CT molecular complexity index is 476. The van der Waals surface area contributed by atoms with Crippen LogP contribution in [0.2, 0.25) is 0 Å². The first-order valence-electron chi connectivity index (χ1n) is 6.17. The normalized spacial score (nSPS) is 16.5. The first-order valence-corrected chi connectivity index (χ1v) is 6.17. The lowest BCUT2D eigenvalue weighted by Crippen LogP contribution is -2.44. The highest BCUT2D eigenvalue weighted by Crippen LogP contribution is 2.27. The van der Waals surface area contributed by atoms with Gasteiger partial charge in [0.1, 0.15) is 5.75 Å². The number of benzene rings is 1. The van der Waals surface area contributed by atoms with Crippen LogP contribution in [0.3, 0.4) is 0 Å². The molecule has 104 valence electrons. The molecule has 0 aromatic heterocycles. The van der Waals surface area contributed by atoms with E-state index in [0.717, 1.165) is 38.3 Å². The smallest absolute Gasteiger partial charge is 0.305 e. The van der Waals surface area contributed by atoms with E-state index in [1.165, 1.54) is 0 Å². The molecule has 1 aromatic rings. The number of nitro groups is 1. The summed E-state index contributed by atoms with van der Waals surface area (Å²) in [6, 6.07) is 1.93. The Labute approximate surface area is 110 Å². The number of hydrogen-bond donors (Lipinski definition) is 2. The molecule has 0 saturated carbocycles. The van der Waals surface area contributed by atoms with Crippen molar-refractivity contribution in [2.45, 2.75) is 6.42 Å². The van der Waals surface area contributed by atoms with E-state index in [-0.39, 0.29) is 5.75 Å². The zero-order valence-corrected chi connectivity index (χ0v) is 10.4. The molecule has 7 heteroatoms. The van der Waals surface area contributed by atoms with Gasteiger partial charge in [-0.15, -0.1) is 0 Å². The molecule has 1 saturated heterocycles. The first kappa shape index (κ1) is 13.7. The fraction of sp³-hybridized carbons (Fsp3) is 0.500. The molecule has 0 spiro atoms. The molecular weight excluding hydrogens is 253 g/mol. The number of nitrogens with zero attached hydrogens (tertiary/aromatic N) is 2. The quantitative estimate of drug-likeness (QED) is 0.627. The molecule has 0 unspecified atom stereocenters. The number of halogens is 1. The summed E-state index contributed by atoms with van der Waals surface area (Å²) >= 11 is 0. The largest absolute Gasteiger partial charge is 0.508 e. The summed E-state index contributed by atoms with van der Waals surface area (Å²) in [4.78, 5) is 12.1. The van der Waals surface area contributed by atoms with Crippen molar-refractivity contribution < 1.29 is 14.4 Å². The minimum absolute atomic E-state index is 0.224. The van der Waals surface area contributed by atoms with Crippen molar-refractivity contribution in [1.82, 2.24) is 10.2 Å². The fourth-order valence-corrected chi connectivity index (χ4v) is 2.15. The van der Waals surface area contributed by atoms with Gasteiger partial charge in [0.25, 0.3) is 0 Å². The van der Waals surface area contributed by atoms with Gasteiger partial charge < -0.3 is 15.3 Å². The molecule has 0 amide bonds. The summed E-state index contributed by atoms with van der Waals surface area (Å²) in [5, 5.41) is 23.5. The monoisotopic (exact) mass is 269 g/mol. The molecule has 1 aliphatic heterocycles. The van der Waals surface area contributed by atoms with Crippen LogP contribution in [0.5, 0.6) is 5.75 Å². The van der Waals surface area contributed by atoms with Crippen LogP contribution in [-0.2, 0) is 6.42 Å². The van der Waals surface area contributed by atoms with E-state index in [1.807, 2.05) is 0 Å². The fourth-order valence-electron chi connectivity index (χ4n) is 2.15. The minimum Gasteiger partial charge on any atom is -0.508 e. The Hall–Kier alpha value is -1.73. The summed E-state index contributed by atoms with van der Waals surface area (Å²) < 4.78 is 13.3. The van der Waals surface area contributed by atoms with Crippen LogP contribution in [-0.4, -0.2) is 47.7 Å². The van der Waals surface area contributed by atoms with Gasteiger partial charge in [-0.3, -0.25) is 10.1 Å². The number of nitro benzene ring substituents is 1. The summed E-state index contributed by atoms with van der Waals surface area (Å²) in [6.07, 6.45) is 0.465. The van der Waals surface area contributed by atoms with Crippen LogP contribution in [0.4, 0.5) is 10.1 Å². The highest BCUT2D eigenvalue weighted by atomic mass is 19.1. The van der Waals surface area contributed by atoms with Gasteiger partial charge in [0, 0.05) is 50.4 Å². The summed E-state index contributed by atoms with van der Waals surface area (Å²) in [5.74, 6) is -1.23. The maximum absolute atomic E-state index is 13.3. The molecular formula is C12H16FN3O3. The van der Waals surface area contributed by atoms with Gasteiger partial charge in [-0.1, -0.05) is 0 Å². The van der Waals surface area contributed by atoms with E-state index in [2.05, 4.69) is 10.2 Å². The average molecular weight is 269 g/mol. The van der Waals surface area contributed by atoms with Gasteiger partial charge in [0.15, 0.2) is 0 Å². The Morgan fingerprint density at radius 3 is 2.74 bits per heavy atom. The molecule has 0 atom stereocenters.